The van der Waals surface area contributed by atoms with Crippen LogP contribution in [0.4, 0.5) is 8.78 Å². The zero-order valence-electron chi connectivity index (χ0n) is 11.3. The molecule has 1 saturated carbocycles. The number of nitrogens with zero attached hydrogens (tertiary/aromatic N) is 1. The first-order valence-electron chi connectivity index (χ1n) is 6.20. The predicted molar refractivity (Wildman–Crippen MR) is 70.2 cm³/mol. The maximum atomic E-state index is 13.7. The molecule has 0 aromatic heterocycles. The lowest BCUT2D eigenvalue weighted by atomic mass is 10.2. The number of sulfonamides is 1. The molecule has 2 rings (SSSR count). The average molecular weight is 305 g/mol. The van der Waals surface area contributed by atoms with Gasteiger partial charge in [0.25, 0.3) is 10.0 Å². The van der Waals surface area contributed by atoms with Crippen molar-refractivity contribution in [1.82, 2.24) is 15.2 Å². The molecule has 5 nitrogen and oxygen atoms in total. The Kier molecular flexibility index (Phi) is 4.38. The van der Waals surface area contributed by atoms with Gasteiger partial charge in [-0.25, -0.2) is 22.2 Å². The average Bonchev–Trinajstić information content (AvgIpc) is 3.12. The monoisotopic (exact) mass is 305 g/mol. The summed E-state index contributed by atoms with van der Waals surface area (Å²) in [5.41, 5.74) is 0.398. The highest BCUT2D eigenvalue weighted by Crippen LogP contribution is 2.22. The van der Waals surface area contributed by atoms with Crippen molar-refractivity contribution < 1.29 is 17.2 Å². The van der Waals surface area contributed by atoms with Gasteiger partial charge in [0.05, 0.1) is 0 Å². The van der Waals surface area contributed by atoms with E-state index in [-0.39, 0.29) is 0 Å². The fourth-order valence-electron chi connectivity index (χ4n) is 1.75. The summed E-state index contributed by atoms with van der Waals surface area (Å²) in [6.07, 6.45) is 2.11. The molecule has 1 fully saturated rings. The Bertz CT molecular complexity index is 601. The minimum Gasteiger partial charge on any atom is -0.310 e. The van der Waals surface area contributed by atoms with Crippen molar-refractivity contribution in [2.75, 3.05) is 14.1 Å². The number of hydrazine groups is 1. The van der Waals surface area contributed by atoms with Gasteiger partial charge in [-0.1, -0.05) is 0 Å². The fourth-order valence-corrected chi connectivity index (χ4v) is 2.97. The van der Waals surface area contributed by atoms with Crippen LogP contribution in [-0.2, 0) is 16.6 Å². The van der Waals surface area contributed by atoms with Crippen LogP contribution in [0, 0.1) is 11.6 Å². The summed E-state index contributed by atoms with van der Waals surface area (Å²) in [6.45, 7) is 0.312. The molecule has 0 radical (unpaired) electrons. The van der Waals surface area contributed by atoms with Crippen LogP contribution in [0.3, 0.4) is 0 Å². The van der Waals surface area contributed by atoms with E-state index in [4.69, 9.17) is 0 Å². The van der Waals surface area contributed by atoms with Crippen molar-refractivity contribution in [3.8, 4) is 0 Å². The number of hydrogen-bond acceptors (Lipinski definition) is 4. The summed E-state index contributed by atoms with van der Waals surface area (Å²) in [7, 11) is -1.23. The van der Waals surface area contributed by atoms with Crippen molar-refractivity contribution in [2.24, 2.45) is 0 Å². The van der Waals surface area contributed by atoms with Crippen LogP contribution in [0.5, 0.6) is 0 Å². The van der Waals surface area contributed by atoms with E-state index in [1.54, 1.807) is 0 Å². The van der Waals surface area contributed by atoms with Gasteiger partial charge in [-0.2, -0.15) is 0 Å². The van der Waals surface area contributed by atoms with Crippen LogP contribution in [0.25, 0.3) is 0 Å². The lowest BCUT2D eigenvalue weighted by molar-refractivity contribution is 0.362. The molecule has 0 saturated heterocycles. The van der Waals surface area contributed by atoms with Crippen LogP contribution in [0.15, 0.2) is 17.0 Å². The zero-order valence-corrected chi connectivity index (χ0v) is 12.1. The molecular weight excluding hydrogens is 288 g/mol. The number of hydrogen-bond donors (Lipinski definition) is 2. The molecule has 8 heteroatoms. The summed E-state index contributed by atoms with van der Waals surface area (Å²) in [5, 5.41) is 4.28. The Hall–Kier alpha value is -1.09. The zero-order chi connectivity index (χ0) is 14.9. The van der Waals surface area contributed by atoms with E-state index in [1.807, 2.05) is 0 Å². The molecule has 20 heavy (non-hydrogen) atoms. The van der Waals surface area contributed by atoms with E-state index in [9.17, 15) is 17.2 Å². The van der Waals surface area contributed by atoms with Crippen molar-refractivity contribution >= 4 is 10.0 Å². The Labute approximate surface area is 117 Å². The summed E-state index contributed by atoms with van der Waals surface area (Å²) in [5.74, 6) is -2.53. The predicted octanol–water partition coefficient (Wildman–Crippen LogP) is 0.972. The molecule has 0 bridgehead atoms. The van der Waals surface area contributed by atoms with Crippen LogP contribution >= 0.6 is 0 Å². The highest BCUT2D eigenvalue weighted by molar-refractivity contribution is 7.89. The Morgan fingerprint density at radius 2 is 1.95 bits per heavy atom. The fraction of sp³-hybridized carbons (Fsp3) is 0.500. The second-order valence-corrected chi connectivity index (χ2v) is 6.66. The smallest absolute Gasteiger partial charge is 0.256 e. The van der Waals surface area contributed by atoms with Crippen LogP contribution in [0.2, 0.25) is 0 Å². The first-order valence-corrected chi connectivity index (χ1v) is 7.69. The third-order valence-corrected chi connectivity index (χ3v) is 4.30. The van der Waals surface area contributed by atoms with Crippen LogP contribution in [0.1, 0.15) is 18.4 Å². The third kappa shape index (κ3) is 3.72. The molecule has 0 atom stereocenters. The standard InChI is InChI=1S/C12H17F2N3O2S/c1-17(2)16-20(18,19)11-6-8(5-10(13)12(11)14)7-15-9-3-4-9/h5-6,9,15-16H,3-4,7H2,1-2H3. The van der Waals surface area contributed by atoms with Crippen LogP contribution in [-0.4, -0.2) is 33.6 Å². The molecule has 1 aromatic carbocycles. The van der Waals surface area contributed by atoms with Crippen molar-refractivity contribution in [3.63, 3.8) is 0 Å². The Morgan fingerprint density at radius 3 is 2.50 bits per heavy atom. The first-order chi connectivity index (χ1) is 9.29. The van der Waals surface area contributed by atoms with E-state index in [2.05, 4.69) is 10.1 Å². The maximum absolute atomic E-state index is 13.7. The number of halogens is 2. The topological polar surface area (TPSA) is 61.4 Å². The van der Waals surface area contributed by atoms with E-state index in [0.717, 1.165) is 30.0 Å². The minimum atomic E-state index is -4.12. The Morgan fingerprint density at radius 1 is 1.30 bits per heavy atom. The summed E-state index contributed by atoms with van der Waals surface area (Å²) >= 11 is 0. The van der Waals surface area contributed by atoms with E-state index in [1.165, 1.54) is 14.1 Å². The van der Waals surface area contributed by atoms with E-state index in [0.29, 0.717) is 18.2 Å². The van der Waals surface area contributed by atoms with Crippen molar-refractivity contribution in [2.45, 2.75) is 30.3 Å². The SMILES string of the molecule is CN(C)NS(=O)(=O)c1cc(CNC2CC2)cc(F)c1F. The first kappa shape index (κ1) is 15.3. The van der Waals surface area contributed by atoms with Gasteiger partial charge in [0.15, 0.2) is 11.6 Å². The molecule has 2 N–H and O–H groups in total. The molecule has 0 heterocycles. The quantitative estimate of drug-likeness (QED) is 0.769. The molecule has 0 spiro atoms. The molecular formula is C12H17F2N3O2S. The minimum absolute atomic E-state index is 0.312. The van der Waals surface area contributed by atoms with Gasteiger partial charge in [-0.15, -0.1) is 4.83 Å². The highest BCUT2D eigenvalue weighted by Gasteiger charge is 2.25. The van der Waals surface area contributed by atoms with Gasteiger partial charge in [0.1, 0.15) is 4.90 Å². The lowest BCUT2D eigenvalue weighted by Crippen LogP contribution is -2.36. The van der Waals surface area contributed by atoms with E-state index >= 15 is 0 Å². The number of benzene rings is 1. The van der Waals surface area contributed by atoms with Gasteiger partial charge in [-0.3, -0.25) is 0 Å². The maximum Gasteiger partial charge on any atom is 0.256 e. The molecule has 1 aromatic rings. The van der Waals surface area contributed by atoms with Crippen LogP contribution < -0.4 is 10.1 Å². The largest absolute Gasteiger partial charge is 0.310 e. The summed E-state index contributed by atoms with van der Waals surface area (Å²) < 4.78 is 51.1. The molecule has 1 aliphatic carbocycles. The summed E-state index contributed by atoms with van der Waals surface area (Å²) in [6, 6.07) is 2.56. The Balaban J connectivity index is 2.30. The molecule has 0 amide bonds. The summed E-state index contributed by atoms with van der Waals surface area (Å²) in [4.78, 5) is 1.40. The molecule has 0 unspecified atom stereocenters. The second kappa shape index (κ2) is 5.72. The van der Waals surface area contributed by atoms with Gasteiger partial charge in [0.2, 0.25) is 0 Å². The molecule has 1 aliphatic rings. The molecule has 0 aliphatic heterocycles. The van der Waals surface area contributed by atoms with Gasteiger partial charge in [0, 0.05) is 26.7 Å². The number of nitrogens with one attached hydrogen (secondary N) is 2. The van der Waals surface area contributed by atoms with Gasteiger partial charge in [-0.05, 0) is 30.5 Å². The van der Waals surface area contributed by atoms with Gasteiger partial charge < -0.3 is 5.32 Å². The molecule has 112 valence electrons. The highest BCUT2D eigenvalue weighted by atomic mass is 32.2. The lowest BCUT2D eigenvalue weighted by Gasteiger charge is -2.14. The normalized spacial score (nSPS) is 15.8. The number of rotatable bonds is 6. The van der Waals surface area contributed by atoms with Crippen molar-refractivity contribution in [1.29, 1.82) is 0 Å². The third-order valence-electron chi connectivity index (χ3n) is 2.82. The second-order valence-electron chi connectivity index (χ2n) is 5.03. The van der Waals surface area contributed by atoms with Gasteiger partial charge >= 0.3 is 0 Å². The van der Waals surface area contributed by atoms with Crippen molar-refractivity contribution in [3.05, 3.63) is 29.3 Å². The van der Waals surface area contributed by atoms with E-state index < -0.39 is 26.6 Å².